The van der Waals surface area contributed by atoms with Crippen molar-refractivity contribution in [2.24, 2.45) is 0 Å². The summed E-state index contributed by atoms with van der Waals surface area (Å²) in [7, 11) is -3.94. The molecule has 0 atom stereocenters. The Balaban J connectivity index is 2.23. The molecule has 0 saturated carbocycles. The predicted molar refractivity (Wildman–Crippen MR) is 117 cm³/mol. The molecule has 0 aromatic heterocycles. The molecule has 30 heavy (non-hydrogen) atoms. The van der Waals surface area contributed by atoms with E-state index >= 15 is 0 Å². The van der Waals surface area contributed by atoms with Crippen LogP contribution in [-0.4, -0.2) is 14.8 Å². The first-order chi connectivity index (χ1) is 14.0. The zero-order valence-electron chi connectivity index (χ0n) is 14.9. The highest BCUT2D eigenvalue weighted by Gasteiger charge is 2.34. The van der Waals surface area contributed by atoms with Crippen LogP contribution in [-0.2, 0) is 8.27 Å². The van der Waals surface area contributed by atoms with Gasteiger partial charge in [-0.15, -0.1) is 13.2 Å². The van der Waals surface area contributed by atoms with Gasteiger partial charge in [-0.2, -0.15) is 0 Å². The smallest absolute Gasteiger partial charge is 0.405 e. The van der Waals surface area contributed by atoms with Gasteiger partial charge in [0.15, 0.2) is 0 Å². The quantitative estimate of drug-likeness (QED) is 0.245. The Morgan fingerprint density at radius 1 is 0.800 bits per heavy atom. The van der Waals surface area contributed by atoms with Gasteiger partial charge in [-0.3, -0.25) is 0 Å². The molecule has 0 spiro atoms. The first-order valence-electron chi connectivity index (χ1n) is 8.49. The topological polar surface area (TPSA) is 43.4 Å². The SMILES string of the molecule is O=S(=O)(Br)c1ccc2ccccc2c1-c1c(OC(F)(F)F)ccc2cc(Br)ccc12. The van der Waals surface area contributed by atoms with Gasteiger partial charge >= 0.3 is 6.36 Å². The first-order valence-corrected chi connectivity index (χ1v) is 12.6. The zero-order chi connectivity index (χ0) is 21.7. The Morgan fingerprint density at radius 2 is 1.47 bits per heavy atom. The summed E-state index contributed by atoms with van der Waals surface area (Å²) in [6, 6.07) is 17.6. The Labute approximate surface area is 185 Å². The molecule has 0 N–H and O–H groups in total. The van der Waals surface area contributed by atoms with Gasteiger partial charge in [0.25, 0.3) is 0 Å². The van der Waals surface area contributed by atoms with E-state index in [2.05, 4.69) is 35.5 Å². The normalized spacial score (nSPS) is 12.4. The van der Waals surface area contributed by atoms with Crippen molar-refractivity contribution in [3.05, 3.63) is 71.2 Å². The molecule has 4 aromatic carbocycles. The maximum absolute atomic E-state index is 13.2. The average Bonchev–Trinajstić information content (AvgIpc) is 2.65. The summed E-state index contributed by atoms with van der Waals surface area (Å²) in [5, 5.41) is 2.22. The van der Waals surface area contributed by atoms with E-state index in [0.29, 0.717) is 21.5 Å². The molecule has 4 aromatic rings. The number of alkyl halides is 3. The number of hydrogen-bond acceptors (Lipinski definition) is 3. The van der Waals surface area contributed by atoms with Crippen molar-refractivity contribution < 1.29 is 26.3 Å². The molecule has 154 valence electrons. The van der Waals surface area contributed by atoms with E-state index in [0.717, 1.165) is 4.47 Å². The van der Waals surface area contributed by atoms with Gasteiger partial charge in [-0.25, -0.2) is 8.42 Å². The number of rotatable bonds is 3. The Hall–Kier alpha value is -2.10. The molecule has 0 fully saturated rings. The van der Waals surface area contributed by atoms with Crippen LogP contribution in [0.1, 0.15) is 0 Å². The third kappa shape index (κ3) is 4.06. The molecule has 0 amide bonds. The number of hydrogen-bond donors (Lipinski definition) is 0. The monoisotopic (exact) mass is 558 g/mol. The maximum Gasteiger partial charge on any atom is 0.573 e. The number of halogens is 5. The largest absolute Gasteiger partial charge is 0.573 e. The van der Waals surface area contributed by atoms with Crippen LogP contribution in [0.15, 0.2) is 76.1 Å². The van der Waals surface area contributed by atoms with Crippen LogP contribution in [0.25, 0.3) is 32.7 Å². The predicted octanol–water partition coefficient (Wildman–Crippen LogP) is 7.40. The van der Waals surface area contributed by atoms with E-state index in [1.807, 2.05) is 0 Å². The summed E-state index contributed by atoms with van der Waals surface area (Å²) >= 11 is 6.04. The summed E-state index contributed by atoms with van der Waals surface area (Å²) in [6.07, 6.45) is -4.95. The molecule has 0 bridgehead atoms. The van der Waals surface area contributed by atoms with Crippen LogP contribution in [0.4, 0.5) is 13.2 Å². The number of ether oxygens (including phenoxy) is 1. The summed E-state index contributed by atoms with van der Waals surface area (Å²) in [6.45, 7) is 0. The van der Waals surface area contributed by atoms with Crippen molar-refractivity contribution >= 4 is 60.6 Å². The highest BCUT2D eigenvalue weighted by molar-refractivity contribution is 9.47. The number of fused-ring (bicyclic) bond motifs is 2. The standard InChI is InChI=1S/C21H11Br2F3O3S/c22-14-7-8-16-13(11-14)5-9-17(29-21(24,25)26)19(16)20-15-4-2-1-3-12(15)6-10-18(20)30(23,27)28/h1-11H. The molecule has 4 rings (SSSR count). The number of benzene rings is 4. The minimum absolute atomic E-state index is 0.0483. The van der Waals surface area contributed by atoms with Crippen LogP contribution >= 0.6 is 30.7 Å². The minimum Gasteiger partial charge on any atom is -0.405 e. The summed E-state index contributed by atoms with van der Waals surface area (Å²) in [5.41, 5.74) is 0.185. The van der Waals surface area contributed by atoms with Crippen LogP contribution in [0.5, 0.6) is 5.75 Å². The second-order valence-electron chi connectivity index (χ2n) is 6.45. The van der Waals surface area contributed by atoms with E-state index in [1.54, 1.807) is 48.5 Å². The van der Waals surface area contributed by atoms with Gasteiger partial charge in [-0.1, -0.05) is 58.4 Å². The van der Waals surface area contributed by atoms with Gasteiger partial charge < -0.3 is 4.74 Å². The van der Waals surface area contributed by atoms with Crippen LogP contribution < -0.4 is 4.74 Å². The van der Waals surface area contributed by atoms with Crippen molar-refractivity contribution in [1.82, 2.24) is 0 Å². The van der Waals surface area contributed by atoms with E-state index in [9.17, 15) is 21.6 Å². The fourth-order valence-corrected chi connectivity index (χ4v) is 5.34. The Bertz CT molecular complexity index is 1400. The first kappa shape index (κ1) is 21.1. The molecule has 0 aliphatic heterocycles. The molecule has 0 aliphatic carbocycles. The third-order valence-electron chi connectivity index (χ3n) is 4.57. The van der Waals surface area contributed by atoms with E-state index in [1.165, 1.54) is 18.2 Å². The highest BCUT2D eigenvalue weighted by atomic mass is 79.9. The van der Waals surface area contributed by atoms with Gasteiger partial charge in [0.1, 0.15) is 5.75 Å². The fraction of sp³-hybridized carbons (Fsp3) is 0.0476. The van der Waals surface area contributed by atoms with Gasteiger partial charge in [0.05, 0.1) is 19.7 Å². The highest BCUT2D eigenvalue weighted by Crippen LogP contribution is 2.46. The molecule has 3 nitrogen and oxygen atoms in total. The van der Waals surface area contributed by atoms with Crippen LogP contribution in [0.2, 0.25) is 0 Å². The molecule has 0 unspecified atom stereocenters. The third-order valence-corrected chi connectivity index (χ3v) is 6.98. The van der Waals surface area contributed by atoms with Crippen molar-refractivity contribution in [3.63, 3.8) is 0 Å². The van der Waals surface area contributed by atoms with Crippen molar-refractivity contribution in [3.8, 4) is 16.9 Å². The van der Waals surface area contributed by atoms with Gasteiger partial charge in [0.2, 0.25) is 8.27 Å². The summed E-state index contributed by atoms with van der Waals surface area (Å²) in [5.74, 6) is -0.480. The second kappa shape index (κ2) is 7.55. The summed E-state index contributed by atoms with van der Waals surface area (Å²) < 4.78 is 69.6. The molecule has 0 saturated heterocycles. The van der Waals surface area contributed by atoms with Crippen molar-refractivity contribution in [1.29, 1.82) is 0 Å². The van der Waals surface area contributed by atoms with Gasteiger partial charge in [-0.05, 0) is 45.8 Å². The maximum atomic E-state index is 13.2. The van der Waals surface area contributed by atoms with E-state index < -0.39 is 20.4 Å². The molecule has 0 heterocycles. The molecule has 0 aliphatic rings. The molecular formula is C21H11Br2F3O3S. The van der Waals surface area contributed by atoms with Gasteiger partial charge in [0, 0.05) is 15.6 Å². The minimum atomic E-state index is -4.95. The lowest BCUT2D eigenvalue weighted by Crippen LogP contribution is -2.18. The lowest BCUT2D eigenvalue weighted by molar-refractivity contribution is -0.274. The van der Waals surface area contributed by atoms with E-state index in [4.69, 9.17) is 0 Å². The Kier molecular flexibility index (Phi) is 5.32. The molecular weight excluding hydrogens is 549 g/mol. The van der Waals surface area contributed by atoms with Crippen LogP contribution in [0.3, 0.4) is 0 Å². The van der Waals surface area contributed by atoms with Crippen LogP contribution in [0, 0.1) is 0 Å². The molecule has 0 radical (unpaired) electrons. The summed E-state index contributed by atoms with van der Waals surface area (Å²) in [4.78, 5) is -0.149. The van der Waals surface area contributed by atoms with E-state index in [-0.39, 0.29) is 16.0 Å². The Morgan fingerprint density at radius 3 is 2.17 bits per heavy atom. The second-order valence-corrected chi connectivity index (χ2v) is 11.2. The average molecular weight is 560 g/mol. The zero-order valence-corrected chi connectivity index (χ0v) is 18.9. The van der Waals surface area contributed by atoms with Crippen molar-refractivity contribution in [2.75, 3.05) is 0 Å². The molecule has 9 heteroatoms. The van der Waals surface area contributed by atoms with Crippen molar-refractivity contribution in [2.45, 2.75) is 11.3 Å². The lowest BCUT2D eigenvalue weighted by atomic mass is 9.93. The lowest BCUT2D eigenvalue weighted by Gasteiger charge is -2.19. The fourth-order valence-electron chi connectivity index (χ4n) is 3.46.